The molecule has 22 heavy (non-hydrogen) atoms. The van der Waals surface area contributed by atoms with Crippen molar-refractivity contribution in [1.82, 2.24) is 10.2 Å². The van der Waals surface area contributed by atoms with Crippen molar-refractivity contribution in [2.24, 2.45) is 0 Å². The van der Waals surface area contributed by atoms with Crippen LogP contribution in [0.25, 0.3) is 0 Å². The average Bonchev–Trinajstić information content (AvgIpc) is 2.98. The Balaban J connectivity index is 1.99. The second-order valence-electron chi connectivity index (χ2n) is 5.64. The number of hydrogen-bond donors (Lipinski definition) is 2. The first-order chi connectivity index (χ1) is 10.5. The second-order valence-corrected chi connectivity index (χ2v) is 5.64. The van der Waals surface area contributed by atoms with Crippen molar-refractivity contribution in [1.29, 1.82) is 0 Å². The minimum Gasteiger partial charge on any atom is -0.480 e. The SMILES string of the molecule is O=C(O)CNC(=O)CN(Cc1cccc(F)c1)C1CCCC1. The molecule has 1 fully saturated rings. The van der Waals surface area contributed by atoms with Crippen molar-refractivity contribution in [3.05, 3.63) is 35.6 Å². The highest BCUT2D eigenvalue weighted by Gasteiger charge is 2.24. The van der Waals surface area contributed by atoms with Gasteiger partial charge in [0.1, 0.15) is 12.4 Å². The van der Waals surface area contributed by atoms with Crippen molar-refractivity contribution in [3.63, 3.8) is 0 Å². The monoisotopic (exact) mass is 308 g/mol. The van der Waals surface area contributed by atoms with Crippen LogP contribution in [0.3, 0.4) is 0 Å². The molecule has 0 atom stereocenters. The standard InChI is InChI=1S/C16H21FN2O3/c17-13-5-3-4-12(8-13)10-19(14-6-1-2-7-14)11-15(20)18-9-16(21)22/h3-5,8,14H,1-2,6-7,9-11H2,(H,18,20)(H,21,22). The molecule has 2 rings (SSSR count). The van der Waals surface area contributed by atoms with Crippen molar-refractivity contribution >= 4 is 11.9 Å². The molecular formula is C16H21FN2O3. The first-order valence-electron chi connectivity index (χ1n) is 7.51. The maximum atomic E-state index is 13.3. The molecule has 0 bridgehead atoms. The van der Waals surface area contributed by atoms with E-state index in [-0.39, 0.29) is 24.8 Å². The zero-order valence-corrected chi connectivity index (χ0v) is 12.4. The lowest BCUT2D eigenvalue weighted by atomic mass is 10.1. The number of nitrogens with one attached hydrogen (secondary N) is 1. The lowest BCUT2D eigenvalue weighted by Crippen LogP contribution is -2.42. The Hall–Kier alpha value is -1.95. The molecule has 5 nitrogen and oxygen atoms in total. The van der Waals surface area contributed by atoms with Gasteiger partial charge in [-0.15, -0.1) is 0 Å². The van der Waals surface area contributed by atoms with E-state index in [1.807, 2.05) is 11.0 Å². The topological polar surface area (TPSA) is 69.6 Å². The van der Waals surface area contributed by atoms with E-state index < -0.39 is 5.97 Å². The number of nitrogens with zero attached hydrogens (tertiary/aromatic N) is 1. The van der Waals surface area contributed by atoms with Crippen LogP contribution in [0.15, 0.2) is 24.3 Å². The molecule has 6 heteroatoms. The molecule has 0 unspecified atom stereocenters. The van der Waals surface area contributed by atoms with Crippen LogP contribution >= 0.6 is 0 Å². The maximum Gasteiger partial charge on any atom is 0.322 e. The number of carboxylic acid groups (broad SMARTS) is 1. The van der Waals surface area contributed by atoms with Gasteiger partial charge in [0.15, 0.2) is 0 Å². The van der Waals surface area contributed by atoms with Crippen LogP contribution in [-0.2, 0) is 16.1 Å². The van der Waals surface area contributed by atoms with E-state index >= 15 is 0 Å². The number of halogens is 1. The Bertz CT molecular complexity index is 530. The number of amides is 1. The van der Waals surface area contributed by atoms with Crippen LogP contribution in [0.2, 0.25) is 0 Å². The highest BCUT2D eigenvalue weighted by atomic mass is 19.1. The van der Waals surface area contributed by atoms with Crippen LogP contribution in [0.5, 0.6) is 0 Å². The van der Waals surface area contributed by atoms with Gasteiger partial charge >= 0.3 is 5.97 Å². The van der Waals surface area contributed by atoms with Crippen molar-refractivity contribution < 1.29 is 19.1 Å². The lowest BCUT2D eigenvalue weighted by molar-refractivity contribution is -0.138. The van der Waals surface area contributed by atoms with Gasteiger partial charge in [0.05, 0.1) is 6.54 Å². The number of aliphatic carboxylic acids is 1. The van der Waals surface area contributed by atoms with Gasteiger partial charge in [0.2, 0.25) is 5.91 Å². The van der Waals surface area contributed by atoms with Crippen LogP contribution in [0, 0.1) is 5.82 Å². The summed E-state index contributed by atoms with van der Waals surface area (Å²) in [5.74, 6) is -1.67. The summed E-state index contributed by atoms with van der Waals surface area (Å²) < 4.78 is 13.3. The van der Waals surface area contributed by atoms with Crippen molar-refractivity contribution in [2.45, 2.75) is 38.3 Å². The molecule has 1 aliphatic rings. The lowest BCUT2D eigenvalue weighted by Gasteiger charge is -2.28. The smallest absolute Gasteiger partial charge is 0.322 e. The van der Waals surface area contributed by atoms with Gasteiger partial charge in [-0.25, -0.2) is 4.39 Å². The van der Waals surface area contributed by atoms with Gasteiger partial charge in [-0.3, -0.25) is 14.5 Å². The Morgan fingerprint density at radius 1 is 1.32 bits per heavy atom. The molecule has 0 aromatic heterocycles. The normalized spacial score (nSPS) is 15.2. The van der Waals surface area contributed by atoms with Crippen LogP contribution in [0.1, 0.15) is 31.2 Å². The van der Waals surface area contributed by atoms with Crippen LogP contribution in [-0.4, -0.2) is 41.0 Å². The van der Waals surface area contributed by atoms with Gasteiger partial charge in [-0.1, -0.05) is 25.0 Å². The van der Waals surface area contributed by atoms with Gasteiger partial charge in [-0.2, -0.15) is 0 Å². The third kappa shape index (κ3) is 5.11. The van der Waals surface area contributed by atoms with E-state index in [0.717, 1.165) is 31.2 Å². The molecule has 1 aromatic carbocycles. The highest BCUT2D eigenvalue weighted by molar-refractivity contribution is 5.82. The molecule has 1 saturated carbocycles. The molecule has 0 spiro atoms. The van der Waals surface area contributed by atoms with E-state index in [0.29, 0.717) is 12.6 Å². The summed E-state index contributed by atoms with van der Waals surface area (Å²) in [5, 5.41) is 11.0. The molecule has 2 N–H and O–H groups in total. The maximum absolute atomic E-state index is 13.3. The zero-order chi connectivity index (χ0) is 15.9. The number of rotatable bonds is 7. The number of benzene rings is 1. The number of carboxylic acids is 1. The fourth-order valence-corrected chi connectivity index (χ4v) is 2.87. The summed E-state index contributed by atoms with van der Waals surface area (Å²) in [5.41, 5.74) is 0.818. The Kier molecular flexibility index (Phi) is 5.89. The summed E-state index contributed by atoms with van der Waals surface area (Å²) in [4.78, 5) is 24.4. The fraction of sp³-hybridized carbons (Fsp3) is 0.500. The molecule has 0 aliphatic heterocycles. The highest BCUT2D eigenvalue weighted by Crippen LogP contribution is 2.24. The Morgan fingerprint density at radius 2 is 2.05 bits per heavy atom. The fourth-order valence-electron chi connectivity index (χ4n) is 2.87. The third-order valence-corrected chi connectivity index (χ3v) is 3.90. The summed E-state index contributed by atoms with van der Waals surface area (Å²) in [6, 6.07) is 6.64. The van der Waals surface area contributed by atoms with Crippen LogP contribution < -0.4 is 5.32 Å². The second kappa shape index (κ2) is 7.89. The zero-order valence-electron chi connectivity index (χ0n) is 12.4. The van der Waals surface area contributed by atoms with Crippen molar-refractivity contribution in [3.8, 4) is 0 Å². The molecule has 0 radical (unpaired) electrons. The largest absolute Gasteiger partial charge is 0.480 e. The summed E-state index contributed by atoms with van der Waals surface area (Å²) >= 11 is 0. The predicted octanol–water partition coefficient (Wildman–Crippen LogP) is 1.77. The molecule has 0 heterocycles. The first-order valence-corrected chi connectivity index (χ1v) is 7.51. The Morgan fingerprint density at radius 3 is 2.68 bits per heavy atom. The van der Waals surface area contributed by atoms with E-state index in [9.17, 15) is 14.0 Å². The molecule has 0 saturated heterocycles. The molecular weight excluding hydrogens is 287 g/mol. The van der Waals surface area contributed by atoms with E-state index in [2.05, 4.69) is 5.32 Å². The van der Waals surface area contributed by atoms with Gasteiger partial charge in [-0.05, 0) is 30.5 Å². The molecule has 1 aliphatic carbocycles. The van der Waals surface area contributed by atoms with Crippen LogP contribution in [0.4, 0.5) is 4.39 Å². The minimum atomic E-state index is -1.06. The number of carbonyl (C=O) groups excluding carboxylic acids is 1. The van der Waals surface area contributed by atoms with Gasteiger partial charge < -0.3 is 10.4 Å². The first kappa shape index (κ1) is 16.4. The van der Waals surface area contributed by atoms with E-state index in [1.54, 1.807) is 6.07 Å². The third-order valence-electron chi connectivity index (χ3n) is 3.90. The minimum absolute atomic E-state index is 0.133. The Labute approximate surface area is 129 Å². The van der Waals surface area contributed by atoms with Gasteiger partial charge in [0, 0.05) is 12.6 Å². The van der Waals surface area contributed by atoms with E-state index in [1.165, 1.54) is 12.1 Å². The average molecular weight is 308 g/mol. The number of hydrogen-bond acceptors (Lipinski definition) is 3. The summed E-state index contributed by atoms with van der Waals surface area (Å²) in [7, 11) is 0. The predicted molar refractivity (Wildman–Crippen MR) is 79.7 cm³/mol. The molecule has 1 aromatic rings. The quantitative estimate of drug-likeness (QED) is 0.805. The van der Waals surface area contributed by atoms with Crippen molar-refractivity contribution in [2.75, 3.05) is 13.1 Å². The number of carbonyl (C=O) groups is 2. The van der Waals surface area contributed by atoms with E-state index in [4.69, 9.17) is 5.11 Å². The summed E-state index contributed by atoms with van der Waals surface area (Å²) in [6.07, 6.45) is 4.28. The summed E-state index contributed by atoms with van der Waals surface area (Å²) in [6.45, 7) is 0.245. The van der Waals surface area contributed by atoms with Gasteiger partial charge in [0.25, 0.3) is 0 Å². The molecule has 1 amide bonds. The molecule has 120 valence electrons.